The number of piperidine rings is 1. The Hall–Kier alpha value is -0.580. The van der Waals surface area contributed by atoms with E-state index >= 15 is 0 Å². The molecule has 1 heterocycles. The van der Waals surface area contributed by atoms with Crippen LogP contribution in [-0.4, -0.2) is 43.4 Å². The molecular formula is C16H25FN2S. The minimum atomic E-state index is -0.158. The lowest BCUT2D eigenvalue weighted by Crippen LogP contribution is -2.39. The molecule has 1 aromatic carbocycles. The number of nitrogens with one attached hydrogen (secondary N) is 1. The summed E-state index contributed by atoms with van der Waals surface area (Å²) in [4.78, 5) is 3.69. The van der Waals surface area contributed by atoms with Crippen molar-refractivity contribution in [2.24, 2.45) is 5.92 Å². The number of benzene rings is 1. The van der Waals surface area contributed by atoms with Crippen molar-refractivity contribution in [3.05, 3.63) is 30.1 Å². The van der Waals surface area contributed by atoms with Crippen LogP contribution in [0.5, 0.6) is 0 Å². The van der Waals surface area contributed by atoms with E-state index in [2.05, 4.69) is 17.1 Å². The Morgan fingerprint density at radius 2 is 2.15 bits per heavy atom. The lowest BCUT2D eigenvalue weighted by Gasteiger charge is -2.29. The van der Waals surface area contributed by atoms with Crippen molar-refractivity contribution in [1.82, 2.24) is 10.2 Å². The second-order valence-electron chi connectivity index (χ2n) is 5.41. The highest BCUT2D eigenvalue weighted by atomic mass is 32.2. The van der Waals surface area contributed by atoms with Crippen LogP contribution in [-0.2, 0) is 0 Å². The molecule has 2 rings (SSSR count). The van der Waals surface area contributed by atoms with Crippen LogP contribution in [0, 0.1) is 11.7 Å². The van der Waals surface area contributed by atoms with Crippen LogP contribution in [0.1, 0.15) is 19.8 Å². The summed E-state index contributed by atoms with van der Waals surface area (Å²) in [5.41, 5.74) is 0. The molecule has 1 N–H and O–H groups in total. The lowest BCUT2D eigenvalue weighted by atomic mass is 9.99. The van der Waals surface area contributed by atoms with Gasteiger partial charge in [0.05, 0.1) is 0 Å². The van der Waals surface area contributed by atoms with Crippen molar-refractivity contribution in [2.75, 3.05) is 38.5 Å². The molecule has 0 bridgehead atoms. The quantitative estimate of drug-likeness (QED) is 0.778. The van der Waals surface area contributed by atoms with Gasteiger partial charge in [-0.3, -0.25) is 0 Å². The Bertz CT molecular complexity index is 377. The molecule has 2 nitrogen and oxygen atoms in total. The predicted molar refractivity (Wildman–Crippen MR) is 84.8 cm³/mol. The van der Waals surface area contributed by atoms with Crippen LogP contribution >= 0.6 is 11.8 Å². The fourth-order valence-electron chi connectivity index (χ4n) is 2.65. The van der Waals surface area contributed by atoms with Crippen LogP contribution in [0.15, 0.2) is 29.2 Å². The molecule has 1 saturated heterocycles. The normalized spacial score (nSPS) is 19.4. The summed E-state index contributed by atoms with van der Waals surface area (Å²) in [5, 5.41) is 3.48. The molecule has 1 atom stereocenters. The largest absolute Gasteiger partial charge is 0.316 e. The third-order valence-corrected chi connectivity index (χ3v) is 4.84. The second kappa shape index (κ2) is 8.65. The van der Waals surface area contributed by atoms with Gasteiger partial charge in [0.1, 0.15) is 5.82 Å². The summed E-state index contributed by atoms with van der Waals surface area (Å²) in [6.45, 7) is 8.01. The molecular weight excluding hydrogens is 271 g/mol. The second-order valence-corrected chi connectivity index (χ2v) is 6.58. The molecule has 1 fully saturated rings. The zero-order valence-electron chi connectivity index (χ0n) is 12.3. The maximum Gasteiger partial charge on any atom is 0.123 e. The van der Waals surface area contributed by atoms with Gasteiger partial charge in [0.15, 0.2) is 0 Å². The van der Waals surface area contributed by atoms with E-state index in [-0.39, 0.29) is 5.82 Å². The van der Waals surface area contributed by atoms with Crippen molar-refractivity contribution in [1.29, 1.82) is 0 Å². The molecule has 1 aliphatic heterocycles. The molecule has 1 unspecified atom stereocenters. The monoisotopic (exact) mass is 296 g/mol. The van der Waals surface area contributed by atoms with Gasteiger partial charge in [-0.25, -0.2) is 4.39 Å². The van der Waals surface area contributed by atoms with E-state index in [1.54, 1.807) is 0 Å². The van der Waals surface area contributed by atoms with Crippen molar-refractivity contribution in [3.8, 4) is 0 Å². The lowest BCUT2D eigenvalue weighted by molar-refractivity contribution is 0.226. The van der Waals surface area contributed by atoms with Gasteiger partial charge in [0.25, 0.3) is 0 Å². The van der Waals surface area contributed by atoms with Gasteiger partial charge in [-0.15, -0.1) is 11.8 Å². The SMILES string of the molecule is CCN(CCSc1ccc(F)cc1)CC1CCCNC1. The Balaban J connectivity index is 1.68. The maximum atomic E-state index is 12.8. The van der Waals surface area contributed by atoms with Gasteiger partial charge in [0.2, 0.25) is 0 Å². The third-order valence-electron chi connectivity index (χ3n) is 3.85. The molecule has 1 aliphatic rings. The zero-order chi connectivity index (χ0) is 14.2. The molecule has 0 aromatic heterocycles. The molecule has 20 heavy (non-hydrogen) atoms. The van der Waals surface area contributed by atoms with Crippen molar-refractivity contribution in [3.63, 3.8) is 0 Å². The first-order chi connectivity index (χ1) is 9.78. The zero-order valence-corrected chi connectivity index (χ0v) is 13.1. The molecule has 4 heteroatoms. The molecule has 1 aromatic rings. The highest BCUT2D eigenvalue weighted by Crippen LogP contribution is 2.18. The number of rotatable bonds is 7. The van der Waals surface area contributed by atoms with Crippen molar-refractivity contribution < 1.29 is 4.39 Å². The maximum absolute atomic E-state index is 12.8. The number of thioether (sulfide) groups is 1. The highest BCUT2D eigenvalue weighted by Gasteiger charge is 2.15. The first-order valence-electron chi connectivity index (χ1n) is 7.59. The van der Waals surface area contributed by atoms with E-state index in [0.717, 1.165) is 29.7 Å². The summed E-state index contributed by atoms with van der Waals surface area (Å²) < 4.78 is 12.8. The van der Waals surface area contributed by atoms with E-state index < -0.39 is 0 Å². The summed E-state index contributed by atoms with van der Waals surface area (Å²) in [7, 11) is 0. The van der Waals surface area contributed by atoms with Crippen LogP contribution in [0.25, 0.3) is 0 Å². The standard InChI is InChI=1S/C16H25FN2S/c1-2-19(13-14-4-3-9-18-12-14)10-11-20-16-7-5-15(17)6-8-16/h5-8,14,18H,2-4,9-13H2,1H3. The molecule has 0 saturated carbocycles. The summed E-state index contributed by atoms with van der Waals surface area (Å²) >= 11 is 1.81. The number of hydrogen-bond acceptors (Lipinski definition) is 3. The Labute approximate surface area is 126 Å². The average molecular weight is 296 g/mol. The predicted octanol–water partition coefficient (Wildman–Crippen LogP) is 3.24. The molecule has 0 spiro atoms. The van der Waals surface area contributed by atoms with Crippen LogP contribution < -0.4 is 5.32 Å². The van der Waals surface area contributed by atoms with E-state index in [4.69, 9.17) is 0 Å². The molecule has 0 aliphatic carbocycles. The Kier molecular flexibility index (Phi) is 6.83. The van der Waals surface area contributed by atoms with E-state index in [0.29, 0.717) is 0 Å². The minimum absolute atomic E-state index is 0.158. The fraction of sp³-hybridized carbons (Fsp3) is 0.625. The molecule has 0 radical (unpaired) electrons. The van der Waals surface area contributed by atoms with Gasteiger partial charge in [-0.05, 0) is 62.7 Å². The van der Waals surface area contributed by atoms with Gasteiger partial charge < -0.3 is 10.2 Å². The van der Waals surface area contributed by atoms with E-state index in [1.165, 1.54) is 44.6 Å². The number of halogens is 1. The van der Waals surface area contributed by atoms with E-state index in [9.17, 15) is 4.39 Å². The molecule has 112 valence electrons. The fourth-order valence-corrected chi connectivity index (χ4v) is 3.56. The number of nitrogens with zero attached hydrogens (tertiary/aromatic N) is 1. The van der Waals surface area contributed by atoms with Gasteiger partial charge in [-0.2, -0.15) is 0 Å². The van der Waals surface area contributed by atoms with Crippen molar-refractivity contribution >= 4 is 11.8 Å². The average Bonchev–Trinajstić information content (AvgIpc) is 2.49. The van der Waals surface area contributed by atoms with Crippen LogP contribution in [0.3, 0.4) is 0 Å². The topological polar surface area (TPSA) is 15.3 Å². The number of hydrogen-bond donors (Lipinski definition) is 1. The Morgan fingerprint density at radius 1 is 1.35 bits per heavy atom. The Morgan fingerprint density at radius 3 is 2.80 bits per heavy atom. The summed E-state index contributed by atoms with van der Waals surface area (Å²) in [6, 6.07) is 6.80. The first-order valence-corrected chi connectivity index (χ1v) is 8.58. The summed E-state index contributed by atoms with van der Waals surface area (Å²) in [6.07, 6.45) is 2.67. The summed E-state index contributed by atoms with van der Waals surface area (Å²) in [5.74, 6) is 1.72. The van der Waals surface area contributed by atoms with E-state index in [1.807, 2.05) is 23.9 Å². The first kappa shape index (κ1) is 15.8. The van der Waals surface area contributed by atoms with Gasteiger partial charge >= 0.3 is 0 Å². The smallest absolute Gasteiger partial charge is 0.123 e. The van der Waals surface area contributed by atoms with Crippen LogP contribution in [0.2, 0.25) is 0 Å². The van der Waals surface area contributed by atoms with Gasteiger partial charge in [0, 0.05) is 23.7 Å². The highest BCUT2D eigenvalue weighted by molar-refractivity contribution is 7.99. The molecule has 0 amide bonds. The van der Waals surface area contributed by atoms with Gasteiger partial charge in [-0.1, -0.05) is 6.92 Å². The third kappa shape index (κ3) is 5.43. The minimum Gasteiger partial charge on any atom is -0.316 e. The van der Waals surface area contributed by atoms with Crippen molar-refractivity contribution in [2.45, 2.75) is 24.7 Å². The van der Waals surface area contributed by atoms with Crippen LogP contribution in [0.4, 0.5) is 4.39 Å².